The molecule has 0 radical (unpaired) electrons. The molecule has 1 unspecified atom stereocenters. The molecule has 0 aromatic carbocycles. The smallest absolute Gasteiger partial charge is 0.354 e. The van der Waals surface area contributed by atoms with Gasteiger partial charge in [-0.15, -0.1) is 0 Å². The lowest BCUT2D eigenvalue weighted by Crippen LogP contribution is -2.03. The number of aromatic nitrogens is 1. The molecule has 1 heterocycles. The van der Waals surface area contributed by atoms with E-state index in [2.05, 4.69) is 4.98 Å². The zero-order valence-corrected chi connectivity index (χ0v) is 7.27. The summed E-state index contributed by atoms with van der Waals surface area (Å²) >= 11 is 0. The van der Waals surface area contributed by atoms with Gasteiger partial charge in [0.25, 0.3) is 0 Å². The predicted octanol–water partition coefficient (Wildman–Crippen LogP) is 1.22. The number of hydrogen-bond acceptors (Lipinski definition) is 3. The molecule has 4 nitrogen and oxygen atoms in total. The first-order valence-corrected chi connectivity index (χ1v) is 4.02. The first kappa shape index (κ1) is 9.67. The monoisotopic (exact) mass is 181 g/mol. The van der Waals surface area contributed by atoms with Gasteiger partial charge in [-0.05, 0) is 24.1 Å². The minimum absolute atomic E-state index is 0.0370. The number of nitrogens with zero attached hydrogens (tertiary/aromatic N) is 1. The van der Waals surface area contributed by atoms with Crippen molar-refractivity contribution in [2.75, 3.05) is 0 Å². The van der Waals surface area contributed by atoms with Crippen LogP contribution in [0.2, 0.25) is 0 Å². The summed E-state index contributed by atoms with van der Waals surface area (Å²) in [5.41, 5.74) is 0.555. The summed E-state index contributed by atoms with van der Waals surface area (Å²) in [4.78, 5) is 14.2. The number of hydrogen-bond donors (Lipinski definition) is 2. The van der Waals surface area contributed by atoms with Gasteiger partial charge in [0.2, 0.25) is 0 Å². The Kier molecular flexibility index (Phi) is 2.97. The second-order valence-corrected chi connectivity index (χ2v) is 2.70. The summed E-state index contributed by atoms with van der Waals surface area (Å²) in [5, 5.41) is 18.0. The first-order valence-electron chi connectivity index (χ1n) is 4.02. The number of rotatable bonds is 3. The summed E-state index contributed by atoms with van der Waals surface area (Å²) in [7, 11) is 0. The highest BCUT2D eigenvalue weighted by molar-refractivity contribution is 5.85. The fraction of sp³-hybridized carbons (Fsp3) is 0.333. The molecule has 1 atom stereocenters. The van der Waals surface area contributed by atoms with Gasteiger partial charge in [-0.3, -0.25) is 0 Å². The zero-order valence-electron chi connectivity index (χ0n) is 7.27. The van der Waals surface area contributed by atoms with Crippen molar-refractivity contribution in [3.63, 3.8) is 0 Å². The largest absolute Gasteiger partial charge is 0.477 e. The molecule has 0 aliphatic rings. The topological polar surface area (TPSA) is 70.4 Å². The van der Waals surface area contributed by atoms with Gasteiger partial charge in [-0.25, -0.2) is 9.78 Å². The molecule has 70 valence electrons. The molecule has 0 aliphatic carbocycles. The van der Waals surface area contributed by atoms with E-state index in [1.165, 1.54) is 12.3 Å². The molecule has 0 bridgehead atoms. The fourth-order valence-electron chi connectivity index (χ4n) is 1.01. The lowest BCUT2D eigenvalue weighted by molar-refractivity contribution is 0.0690. The second kappa shape index (κ2) is 4.00. The van der Waals surface area contributed by atoms with Crippen molar-refractivity contribution in [3.8, 4) is 0 Å². The molecular formula is C9H11NO3. The van der Waals surface area contributed by atoms with E-state index in [4.69, 9.17) is 5.11 Å². The average molecular weight is 181 g/mol. The van der Waals surface area contributed by atoms with Crippen molar-refractivity contribution < 1.29 is 15.0 Å². The third-order valence-corrected chi connectivity index (χ3v) is 1.77. The van der Waals surface area contributed by atoms with Crippen molar-refractivity contribution >= 4 is 5.97 Å². The molecule has 0 spiro atoms. The average Bonchev–Trinajstić information content (AvgIpc) is 2.17. The van der Waals surface area contributed by atoms with Crippen LogP contribution < -0.4 is 0 Å². The van der Waals surface area contributed by atoms with Gasteiger partial charge in [-0.1, -0.05) is 6.92 Å². The number of pyridine rings is 1. The van der Waals surface area contributed by atoms with Crippen LogP contribution in [0.4, 0.5) is 0 Å². The minimum Gasteiger partial charge on any atom is -0.477 e. The van der Waals surface area contributed by atoms with E-state index in [1.807, 2.05) is 6.92 Å². The molecule has 0 saturated carbocycles. The summed E-state index contributed by atoms with van der Waals surface area (Å²) < 4.78 is 0. The van der Waals surface area contributed by atoms with E-state index < -0.39 is 12.1 Å². The van der Waals surface area contributed by atoms with E-state index in [1.54, 1.807) is 6.07 Å². The highest BCUT2D eigenvalue weighted by Crippen LogP contribution is 2.15. The number of aliphatic hydroxyl groups excluding tert-OH is 1. The van der Waals surface area contributed by atoms with Crippen LogP contribution in [0.3, 0.4) is 0 Å². The maximum Gasteiger partial charge on any atom is 0.354 e. The highest BCUT2D eigenvalue weighted by Gasteiger charge is 2.09. The first-order chi connectivity index (χ1) is 6.15. The van der Waals surface area contributed by atoms with Crippen LogP contribution in [0.5, 0.6) is 0 Å². The van der Waals surface area contributed by atoms with Crippen molar-refractivity contribution in [1.82, 2.24) is 4.98 Å². The number of carboxylic acids is 1. The molecule has 0 amide bonds. The Morgan fingerprint density at radius 2 is 2.38 bits per heavy atom. The molecule has 2 N–H and O–H groups in total. The van der Waals surface area contributed by atoms with Gasteiger partial charge in [0, 0.05) is 6.20 Å². The number of aromatic carboxylic acids is 1. The zero-order chi connectivity index (χ0) is 9.84. The van der Waals surface area contributed by atoms with Crippen LogP contribution in [0.15, 0.2) is 18.3 Å². The molecule has 0 saturated heterocycles. The maximum atomic E-state index is 10.5. The number of carboxylic acid groups (broad SMARTS) is 1. The standard InChI is InChI=1S/C9H11NO3/c1-2-8(11)6-3-4-10-7(5-6)9(12)13/h3-5,8,11H,2H2,1H3,(H,12,13). The minimum atomic E-state index is -1.08. The summed E-state index contributed by atoms with van der Waals surface area (Å²) in [6.07, 6.45) is 1.34. The van der Waals surface area contributed by atoms with E-state index in [0.717, 1.165) is 0 Å². The van der Waals surface area contributed by atoms with E-state index in [-0.39, 0.29) is 5.69 Å². The highest BCUT2D eigenvalue weighted by atomic mass is 16.4. The van der Waals surface area contributed by atoms with Crippen molar-refractivity contribution in [3.05, 3.63) is 29.6 Å². The molecular weight excluding hydrogens is 170 g/mol. The van der Waals surface area contributed by atoms with Crippen molar-refractivity contribution in [1.29, 1.82) is 0 Å². The second-order valence-electron chi connectivity index (χ2n) is 2.70. The lowest BCUT2D eigenvalue weighted by atomic mass is 10.1. The third kappa shape index (κ3) is 2.26. The molecule has 0 aliphatic heterocycles. The van der Waals surface area contributed by atoms with Gasteiger partial charge in [0.1, 0.15) is 5.69 Å². The van der Waals surface area contributed by atoms with E-state index in [0.29, 0.717) is 12.0 Å². The number of aliphatic hydroxyl groups is 1. The summed E-state index contributed by atoms with van der Waals surface area (Å²) in [6, 6.07) is 3.00. The molecule has 1 rings (SSSR count). The Labute approximate surface area is 75.9 Å². The Balaban J connectivity index is 2.98. The third-order valence-electron chi connectivity index (χ3n) is 1.77. The summed E-state index contributed by atoms with van der Waals surface area (Å²) in [6.45, 7) is 1.82. The van der Waals surface area contributed by atoms with Gasteiger partial charge < -0.3 is 10.2 Å². The van der Waals surface area contributed by atoms with Gasteiger partial charge >= 0.3 is 5.97 Å². The Bertz CT molecular complexity index is 311. The molecule has 4 heteroatoms. The van der Waals surface area contributed by atoms with Crippen LogP contribution >= 0.6 is 0 Å². The lowest BCUT2D eigenvalue weighted by Gasteiger charge is -2.07. The van der Waals surface area contributed by atoms with Crippen LogP contribution in [-0.4, -0.2) is 21.2 Å². The summed E-state index contributed by atoms with van der Waals surface area (Å²) in [5.74, 6) is -1.08. The number of carbonyl (C=O) groups is 1. The molecule has 1 aromatic rings. The van der Waals surface area contributed by atoms with Crippen LogP contribution in [0.25, 0.3) is 0 Å². The van der Waals surface area contributed by atoms with Crippen LogP contribution in [-0.2, 0) is 0 Å². The van der Waals surface area contributed by atoms with Gasteiger partial charge in [0.15, 0.2) is 0 Å². The maximum absolute atomic E-state index is 10.5. The van der Waals surface area contributed by atoms with Crippen molar-refractivity contribution in [2.45, 2.75) is 19.4 Å². The SMILES string of the molecule is CCC(O)c1ccnc(C(=O)O)c1. The van der Waals surface area contributed by atoms with E-state index >= 15 is 0 Å². The fourth-order valence-corrected chi connectivity index (χ4v) is 1.01. The normalized spacial score (nSPS) is 12.5. The molecule has 13 heavy (non-hydrogen) atoms. The van der Waals surface area contributed by atoms with Crippen LogP contribution in [0.1, 0.15) is 35.5 Å². The van der Waals surface area contributed by atoms with Crippen molar-refractivity contribution in [2.24, 2.45) is 0 Å². The Morgan fingerprint density at radius 3 is 2.92 bits per heavy atom. The van der Waals surface area contributed by atoms with E-state index in [9.17, 15) is 9.90 Å². The molecule has 1 aromatic heterocycles. The Hall–Kier alpha value is -1.42. The predicted molar refractivity (Wildman–Crippen MR) is 46.4 cm³/mol. The van der Waals surface area contributed by atoms with Crippen LogP contribution in [0, 0.1) is 0 Å². The van der Waals surface area contributed by atoms with Gasteiger partial charge in [0.05, 0.1) is 6.10 Å². The molecule has 0 fully saturated rings. The van der Waals surface area contributed by atoms with Gasteiger partial charge in [-0.2, -0.15) is 0 Å². The quantitative estimate of drug-likeness (QED) is 0.735. The Morgan fingerprint density at radius 1 is 1.69 bits per heavy atom.